The topological polar surface area (TPSA) is 26.3 Å². The van der Waals surface area contributed by atoms with Gasteiger partial charge in [-0.15, -0.1) is 0 Å². The summed E-state index contributed by atoms with van der Waals surface area (Å²) in [5, 5.41) is 0. The normalized spacial score (nSPS) is 10.5. The molecule has 0 unspecified atom stereocenters. The zero-order valence-electron chi connectivity index (χ0n) is 8.90. The fourth-order valence-electron chi connectivity index (χ4n) is 1.09. The summed E-state index contributed by atoms with van der Waals surface area (Å²) in [5.41, 5.74) is 0.911. The first-order valence-corrected chi connectivity index (χ1v) is 8.60. The quantitative estimate of drug-likeness (QED) is 0.255. The summed E-state index contributed by atoms with van der Waals surface area (Å²) in [5.74, 6) is -0.141. The molecule has 0 fully saturated rings. The van der Waals surface area contributed by atoms with Gasteiger partial charge in [0, 0.05) is 27.9 Å². The average molecular weight is 571 g/mol. The van der Waals surface area contributed by atoms with Crippen LogP contribution in [0.25, 0.3) is 0 Å². The van der Waals surface area contributed by atoms with Gasteiger partial charge in [0.15, 0.2) is 5.78 Å². The van der Waals surface area contributed by atoms with Gasteiger partial charge in [-0.2, -0.15) is 0 Å². The molecule has 0 aliphatic rings. The third-order valence-electron chi connectivity index (χ3n) is 2.02. The summed E-state index contributed by atoms with van der Waals surface area (Å²) in [6, 6.07) is 0. The minimum absolute atomic E-state index is 0.0215. The van der Waals surface area contributed by atoms with E-state index in [4.69, 9.17) is 4.74 Å². The van der Waals surface area contributed by atoms with E-state index in [0.717, 1.165) is 27.9 Å². The van der Waals surface area contributed by atoms with Crippen LogP contribution in [0.4, 0.5) is 0 Å². The van der Waals surface area contributed by atoms with Crippen LogP contribution in [0.2, 0.25) is 0 Å². The van der Waals surface area contributed by atoms with E-state index < -0.39 is 0 Å². The van der Waals surface area contributed by atoms with Gasteiger partial charge in [0.2, 0.25) is 0 Å². The standard InChI is InChI=1S/C11H7Br5O2/c1-2-5(17)3-18-4-6-7(12)9(14)11(16)10(15)8(6)13/h2H,1,3-4H2. The van der Waals surface area contributed by atoms with Gasteiger partial charge in [0.1, 0.15) is 6.61 Å². The highest BCUT2D eigenvalue weighted by Crippen LogP contribution is 2.44. The molecule has 0 aromatic heterocycles. The molecular formula is C11H7Br5O2. The van der Waals surface area contributed by atoms with Crippen LogP contribution in [-0.2, 0) is 16.1 Å². The van der Waals surface area contributed by atoms with Crippen molar-refractivity contribution < 1.29 is 9.53 Å². The predicted molar refractivity (Wildman–Crippen MR) is 89.8 cm³/mol. The Hall–Kier alpha value is 0.990. The van der Waals surface area contributed by atoms with Gasteiger partial charge in [-0.3, -0.25) is 4.79 Å². The summed E-state index contributed by atoms with van der Waals surface area (Å²) in [6.45, 7) is 3.72. The van der Waals surface area contributed by atoms with Crippen LogP contribution in [-0.4, -0.2) is 12.4 Å². The molecule has 1 rings (SSSR count). The lowest BCUT2D eigenvalue weighted by Crippen LogP contribution is -2.06. The van der Waals surface area contributed by atoms with E-state index in [9.17, 15) is 4.79 Å². The Morgan fingerprint density at radius 3 is 1.89 bits per heavy atom. The number of carbonyl (C=O) groups is 1. The molecule has 0 heterocycles. The molecule has 2 nitrogen and oxygen atoms in total. The highest BCUT2D eigenvalue weighted by Gasteiger charge is 2.17. The number of ketones is 1. The third-order valence-corrected chi connectivity index (χ3v) is 8.28. The zero-order chi connectivity index (χ0) is 13.9. The van der Waals surface area contributed by atoms with Crippen molar-refractivity contribution in [2.45, 2.75) is 6.61 Å². The van der Waals surface area contributed by atoms with Crippen molar-refractivity contribution in [3.63, 3.8) is 0 Å². The van der Waals surface area contributed by atoms with Gasteiger partial charge < -0.3 is 4.74 Å². The molecule has 98 valence electrons. The highest BCUT2D eigenvalue weighted by molar-refractivity contribution is 9.15. The fourth-order valence-corrected chi connectivity index (χ4v) is 4.45. The Kier molecular flexibility index (Phi) is 7.28. The largest absolute Gasteiger partial charge is 0.369 e. The SMILES string of the molecule is C=CC(=O)COCc1c(Br)c(Br)c(Br)c(Br)c1Br. The van der Waals surface area contributed by atoms with E-state index >= 15 is 0 Å². The molecule has 18 heavy (non-hydrogen) atoms. The first kappa shape index (κ1) is 17.0. The summed E-state index contributed by atoms with van der Waals surface area (Å²) in [7, 11) is 0. The smallest absolute Gasteiger partial charge is 0.180 e. The lowest BCUT2D eigenvalue weighted by atomic mass is 10.2. The number of halogens is 5. The minimum atomic E-state index is -0.141. The number of carbonyl (C=O) groups excluding carboxylic acids is 1. The fraction of sp³-hybridized carbons (Fsp3) is 0.182. The Labute approximate surface area is 147 Å². The Morgan fingerprint density at radius 1 is 1.00 bits per heavy atom. The van der Waals surface area contributed by atoms with Gasteiger partial charge in [0.25, 0.3) is 0 Å². The molecule has 1 aromatic rings. The molecular weight excluding hydrogens is 564 g/mol. The maximum atomic E-state index is 11.1. The first-order valence-electron chi connectivity index (χ1n) is 4.63. The zero-order valence-corrected chi connectivity index (χ0v) is 16.8. The number of hydrogen-bond acceptors (Lipinski definition) is 2. The Bertz CT molecular complexity index is 470. The van der Waals surface area contributed by atoms with Crippen LogP contribution in [0.5, 0.6) is 0 Å². The number of ether oxygens (including phenoxy) is 1. The average Bonchev–Trinajstić information content (AvgIpc) is 2.37. The molecule has 0 bridgehead atoms. The van der Waals surface area contributed by atoms with Crippen molar-refractivity contribution in [2.24, 2.45) is 0 Å². The van der Waals surface area contributed by atoms with Gasteiger partial charge >= 0.3 is 0 Å². The van der Waals surface area contributed by atoms with Crippen molar-refractivity contribution in [2.75, 3.05) is 6.61 Å². The lowest BCUT2D eigenvalue weighted by Gasteiger charge is -2.13. The van der Waals surface area contributed by atoms with Crippen LogP contribution < -0.4 is 0 Å². The van der Waals surface area contributed by atoms with Crippen molar-refractivity contribution in [1.29, 1.82) is 0 Å². The Balaban J connectivity index is 2.96. The summed E-state index contributed by atoms with van der Waals surface area (Å²) in [6.07, 6.45) is 1.25. The number of benzene rings is 1. The van der Waals surface area contributed by atoms with E-state index in [2.05, 4.69) is 86.2 Å². The van der Waals surface area contributed by atoms with Crippen LogP contribution in [0.3, 0.4) is 0 Å². The minimum Gasteiger partial charge on any atom is -0.369 e. The van der Waals surface area contributed by atoms with Crippen LogP contribution in [0, 0.1) is 0 Å². The summed E-state index contributed by atoms with van der Waals surface area (Å²) < 4.78 is 9.74. The second-order valence-corrected chi connectivity index (χ2v) is 7.18. The van der Waals surface area contributed by atoms with Crippen LogP contribution in [0.15, 0.2) is 35.0 Å². The van der Waals surface area contributed by atoms with E-state index in [1.165, 1.54) is 6.08 Å². The lowest BCUT2D eigenvalue weighted by molar-refractivity contribution is -0.119. The monoisotopic (exact) mass is 566 g/mol. The molecule has 0 amide bonds. The van der Waals surface area contributed by atoms with Gasteiger partial charge in [-0.05, 0) is 85.7 Å². The number of rotatable bonds is 5. The van der Waals surface area contributed by atoms with Crippen molar-refractivity contribution >= 4 is 85.4 Å². The second-order valence-electron chi connectivity index (χ2n) is 3.21. The molecule has 0 atom stereocenters. The first-order chi connectivity index (χ1) is 8.40. The van der Waals surface area contributed by atoms with Crippen molar-refractivity contribution in [1.82, 2.24) is 0 Å². The highest BCUT2D eigenvalue weighted by atomic mass is 79.9. The molecule has 7 heteroatoms. The Morgan fingerprint density at radius 2 is 1.44 bits per heavy atom. The predicted octanol–water partition coefficient (Wildman–Crippen LogP) is 5.77. The van der Waals surface area contributed by atoms with Gasteiger partial charge in [0.05, 0.1) is 6.61 Å². The molecule has 0 saturated carbocycles. The molecule has 0 N–H and O–H groups in total. The van der Waals surface area contributed by atoms with Crippen molar-refractivity contribution in [3.05, 3.63) is 40.6 Å². The molecule has 0 saturated heterocycles. The maximum Gasteiger partial charge on any atom is 0.180 e. The molecule has 0 aliphatic heterocycles. The van der Waals surface area contributed by atoms with Crippen LogP contribution in [0.1, 0.15) is 5.56 Å². The number of hydrogen-bond donors (Lipinski definition) is 0. The van der Waals surface area contributed by atoms with E-state index in [1.807, 2.05) is 0 Å². The molecule has 0 radical (unpaired) electrons. The molecule has 0 spiro atoms. The van der Waals surface area contributed by atoms with Crippen molar-refractivity contribution in [3.8, 4) is 0 Å². The molecule has 0 aliphatic carbocycles. The summed E-state index contributed by atoms with van der Waals surface area (Å²) >= 11 is 17.4. The van der Waals surface area contributed by atoms with E-state index in [0.29, 0.717) is 6.61 Å². The molecule has 1 aromatic carbocycles. The van der Waals surface area contributed by atoms with Gasteiger partial charge in [-0.25, -0.2) is 0 Å². The summed E-state index contributed by atoms with van der Waals surface area (Å²) in [4.78, 5) is 11.1. The van der Waals surface area contributed by atoms with E-state index in [-0.39, 0.29) is 12.4 Å². The van der Waals surface area contributed by atoms with Crippen LogP contribution >= 0.6 is 79.6 Å². The maximum absolute atomic E-state index is 11.1. The second kappa shape index (κ2) is 7.69. The van der Waals surface area contributed by atoms with E-state index in [1.54, 1.807) is 0 Å². The van der Waals surface area contributed by atoms with Gasteiger partial charge in [-0.1, -0.05) is 6.58 Å². The third kappa shape index (κ3) is 3.99.